The minimum absolute atomic E-state index is 0.160. The Morgan fingerprint density at radius 3 is 2.78 bits per heavy atom. The highest BCUT2D eigenvalue weighted by Crippen LogP contribution is 2.36. The van der Waals surface area contributed by atoms with E-state index in [-0.39, 0.29) is 10.8 Å². The molecule has 18 heavy (non-hydrogen) atoms. The number of hydrogen-bond donors (Lipinski definition) is 1. The standard InChI is InChI=1S/C12H18Br2N2OS/c1-12(2)7-16(3-4-18-12)9(6-15)10-5-8(13)11(14)17-10/h5,9H,3-4,6-7,15H2,1-2H3. The van der Waals surface area contributed by atoms with Crippen LogP contribution in [0, 0.1) is 0 Å². The van der Waals surface area contributed by atoms with Gasteiger partial charge in [-0.05, 0) is 51.8 Å². The van der Waals surface area contributed by atoms with Crippen LogP contribution in [0.5, 0.6) is 0 Å². The van der Waals surface area contributed by atoms with Crippen molar-refractivity contribution >= 4 is 43.6 Å². The largest absolute Gasteiger partial charge is 0.451 e. The molecule has 1 atom stereocenters. The third kappa shape index (κ3) is 3.33. The molecule has 0 aromatic carbocycles. The van der Waals surface area contributed by atoms with Crippen LogP contribution < -0.4 is 5.73 Å². The molecule has 0 saturated carbocycles. The van der Waals surface area contributed by atoms with Crippen molar-refractivity contribution in [3.8, 4) is 0 Å². The van der Waals surface area contributed by atoms with E-state index in [9.17, 15) is 0 Å². The maximum atomic E-state index is 5.94. The van der Waals surface area contributed by atoms with Crippen LogP contribution in [0.3, 0.4) is 0 Å². The number of halogens is 2. The van der Waals surface area contributed by atoms with E-state index in [0.29, 0.717) is 6.54 Å². The predicted molar refractivity (Wildman–Crippen MR) is 84.0 cm³/mol. The second-order valence-electron chi connectivity index (χ2n) is 5.10. The first-order valence-electron chi connectivity index (χ1n) is 5.96. The van der Waals surface area contributed by atoms with Crippen molar-refractivity contribution in [1.82, 2.24) is 4.90 Å². The second kappa shape index (κ2) is 5.87. The monoisotopic (exact) mass is 396 g/mol. The van der Waals surface area contributed by atoms with E-state index in [4.69, 9.17) is 10.2 Å². The zero-order valence-electron chi connectivity index (χ0n) is 10.6. The summed E-state index contributed by atoms with van der Waals surface area (Å²) in [7, 11) is 0. The molecule has 2 rings (SSSR count). The van der Waals surface area contributed by atoms with Gasteiger partial charge in [0.1, 0.15) is 5.76 Å². The third-order valence-electron chi connectivity index (χ3n) is 3.11. The summed E-state index contributed by atoms with van der Waals surface area (Å²) in [5.74, 6) is 2.07. The average molecular weight is 398 g/mol. The summed E-state index contributed by atoms with van der Waals surface area (Å²) in [5.41, 5.74) is 5.94. The van der Waals surface area contributed by atoms with Gasteiger partial charge in [0.2, 0.25) is 0 Å². The highest BCUT2D eigenvalue weighted by molar-refractivity contribution is 9.13. The minimum atomic E-state index is 0.160. The molecule has 1 unspecified atom stereocenters. The number of nitrogens with zero attached hydrogens (tertiary/aromatic N) is 1. The van der Waals surface area contributed by atoms with E-state index in [1.165, 1.54) is 0 Å². The number of hydrogen-bond acceptors (Lipinski definition) is 4. The molecule has 2 heterocycles. The maximum absolute atomic E-state index is 5.94. The van der Waals surface area contributed by atoms with Crippen LogP contribution in [0.4, 0.5) is 0 Å². The van der Waals surface area contributed by atoms with E-state index in [1.54, 1.807) is 0 Å². The Labute approximate surface area is 129 Å². The van der Waals surface area contributed by atoms with Gasteiger partial charge < -0.3 is 10.2 Å². The fourth-order valence-electron chi connectivity index (χ4n) is 2.29. The first kappa shape index (κ1) is 14.9. The second-order valence-corrected chi connectivity index (χ2v) is 8.48. The first-order chi connectivity index (χ1) is 8.43. The molecule has 1 saturated heterocycles. The minimum Gasteiger partial charge on any atom is -0.451 e. The van der Waals surface area contributed by atoms with E-state index in [1.807, 2.05) is 17.8 Å². The van der Waals surface area contributed by atoms with Crippen LogP contribution in [-0.2, 0) is 0 Å². The molecule has 1 aromatic rings. The van der Waals surface area contributed by atoms with Crippen molar-refractivity contribution in [2.45, 2.75) is 24.6 Å². The lowest BCUT2D eigenvalue weighted by atomic mass is 10.1. The number of nitrogens with two attached hydrogens (primary N) is 1. The van der Waals surface area contributed by atoms with Gasteiger partial charge in [-0.25, -0.2) is 0 Å². The normalized spacial score (nSPS) is 22.1. The average Bonchev–Trinajstić information content (AvgIpc) is 2.58. The fraction of sp³-hybridized carbons (Fsp3) is 0.667. The fourth-order valence-corrected chi connectivity index (χ4v) is 4.04. The molecule has 1 aromatic heterocycles. The number of rotatable bonds is 3. The predicted octanol–water partition coefficient (Wildman–Crippen LogP) is 3.63. The van der Waals surface area contributed by atoms with Gasteiger partial charge in [0, 0.05) is 30.1 Å². The third-order valence-corrected chi connectivity index (χ3v) is 6.12. The van der Waals surface area contributed by atoms with Gasteiger partial charge in [0.25, 0.3) is 0 Å². The molecule has 1 fully saturated rings. The van der Waals surface area contributed by atoms with Crippen LogP contribution in [0.25, 0.3) is 0 Å². The molecule has 0 bridgehead atoms. The van der Waals surface area contributed by atoms with Gasteiger partial charge in [0.05, 0.1) is 10.5 Å². The lowest BCUT2D eigenvalue weighted by Gasteiger charge is -2.40. The van der Waals surface area contributed by atoms with E-state index in [2.05, 4.69) is 50.6 Å². The Kier molecular flexibility index (Phi) is 4.86. The highest BCUT2D eigenvalue weighted by Gasteiger charge is 2.32. The molecule has 1 aliphatic heterocycles. The number of furan rings is 1. The van der Waals surface area contributed by atoms with Crippen LogP contribution >= 0.6 is 43.6 Å². The molecule has 1 aliphatic rings. The van der Waals surface area contributed by atoms with E-state index >= 15 is 0 Å². The molecule has 0 radical (unpaired) electrons. The zero-order valence-corrected chi connectivity index (χ0v) is 14.6. The summed E-state index contributed by atoms with van der Waals surface area (Å²) in [6.45, 7) is 7.24. The summed E-state index contributed by atoms with van der Waals surface area (Å²) in [6.07, 6.45) is 0. The summed E-state index contributed by atoms with van der Waals surface area (Å²) in [6, 6.07) is 2.17. The Hall–Kier alpha value is 0.510. The topological polar surface area (TPSA) is 42.4 Å². The van der Waals surface area contributed by atoms with Gasteiger partial charge in [-0.15, -0.1) is 0 Å². The quantitative estimate of drug-likeness (QED) is 0.845. The molecule has 0 amide bonds. The van der Waals surface area contributed by atoms with Crippen molar-refractivity contribution in [3.63, 3.8) is 0 Å². The Morgan fingerprint density at radius 2 is 2.28 bits per heavy atom. The Morgan fingerprint density at radius 1 is 1.56 bits per heavy atom. The van der Waals surface area contributed by atoms with Crippen LogP contribution in [-0.4, -0.2) is 35.0 Å². The Balaban J connectivity index is 2.18. The maximum Gasteiger partial charge on any atom is 0.183 e. The molecular formula is C12H18Br2N2OS. The molecular weight excluding hydrogens is 380 g/mol. The van der Waals surface area contributed by atoms with Gasteiger partial charge in [-0.2, -0.15) is 11.8 Å². The van der Waals surface area contributed by atoms with Crippen LogP contribution in [0.15, 0.2) is 19.6 Å². The van der Waals surface area contributed by atoms with Gasteiger partial charge in [0.15, 0.2) is 4.67 Å². The number of thioether (sulfide) groups is 1. The van der Waals surface area contributed by atoms with E-state index < -0.39 is 0 Å². The van der Waals surface area contributed by atoms with Crippen LogP contribution in [0.2, 0.25) is 0 Å². The SMILES string of the molecule is CC1(C)CN(C(CN)c2cc(Br)c(Br)o2)CCS1. The lowest BCUT2D eigenvalue weighted by Crippen LogP contribution is -2.46. The smallest absolute Gasteiger partial charge is 0.183 e. The summed E-state index contributed by atoms with van der Waals surface area (Å²) >= 11 is 8.86. The molecule has 0 spiro atoms. The lowest BCUT2D eigenvalue weighted by molar-refractivity contribution is 0.170. The first-order valence-corrected chi connectivity index (χ1v) is 8.53. The molecule has 6 heteroatoms. The van der Waals surface area contributed by atoms with Crippen molar-refractivity contribution < 1.29 is 4.42 Å². The van der Waals surface area contributed by atoms with Crippen LogP contribution in [0.1, 0.15) is 25.6 Å². The van der Waals surface area contributed by atoms with Gasteiger partial charge in [-0.1, -0.05) is 0 Å². The molecule has 3 nitrogen and oxygen atoms in total. The van der Waals surface area contributed by atoms with Crippen molar-refractivity contribution in [2.75, 3.05) is 25.4 Å². The van der Waals surface area contributed by atoms with Crippen molar-refractivity contribution in [1.29, 1.82) is 0 Å². The highest BCUT2D eigenvalue weighted by atomic mass is 79.9. The van der Waals surface area contributed by atoms with Crippen molar-refractivity contribution in [3.05, 3.63) is 21.0 Å². The molecule has 2 N–H and O–H groups in total. The molecule has 0 aliphatic carbocycles. The van der Waals surface area contributed by atoms with Crippen molar-refractivity contribution in [2.24, 2.45) is 5.73 Å². The molecule has 102 valence electrons. The summed E-state index contributed by atoms with van der Waals surface area (Å²) in [4.78, 5) is 2.42. The van der Waals surface area contributed by atoms with E-state index in [0.717, 1.165) is 33.7 Å². The zero-order chi connectivity index (χ0) is 13.3. The summed E-state index contributed by atoms with van der Waals surface area (Å²) < 4.78 is 7.70. The van der Waals surface area contributed by atoms with Gasteiger partial charge >= 0.3 is 0 Å². The van der Waals surface area contributed by atoms with Gasteiger partial charge in [-0.3, -0.25) is 4.90 Å². The Bertz CT molecular complexity index is 403. The summed E-state index contributed by atoms with van der Waals surface area (Å²) in [5, 5.41) is 0.